The molecule has 0 radical (unpaired) electrons. The van der Waals surface area contributed by atoms with Gasteiger partial charge in [-0.15, -0.1) is 12.4 Å². The standard InChI is InChI=1S/C24H29N3O3.ClH/c1-30-19-6-2-5-16(11-19)12-21-18-13-17(20-7-3-8-22(28)27(20)21)14-26(15-18)23(29)24(25)9-4-10-24;/h2-3,5-8,11,17-18,21H,4,9-10,12-15,25H2,1H3;1H/t17-,18+,21+;/m1./s1. The molecule has 3 aliphatic rings. The Morgan fingerprint density at radius 3 is 2.68 bits per heavy atom. The van der Waals surface area contributed by atoms with Crippen molar-refractivity contribution in [2.75, 3.05) is 20.2 Å². The summed E-state index contributed by atoms with van der Waals surface area (Å²) < 4.78 is 7.38. The van der Waals surface area contributed by atoms with Gasteiger partial charge in [0.25, 0.3) is 5.56 Å². The van der Waals surface area contributed by atoms with Crippen molar-refractivity contribution in [3.63, 3.8) is 0 Å². The molecule has 2 aliphatic heterocycles. The van der Waals surface area contributed by atoms with Crippen LogP contribution in [0.1, 0.15) is 48.9 Å². The maximum absolute atomic E-state index is 13.2. The van der Waals surface area contributed by atoms with Gasteiger partial charge >= 0.3 is 0 Å². The summed E-state index contributed by atoms with van der Waals surface area (Å²) in [7, 11) is 1.66. The average Bonchev–Trinajstić information content (AvgIpc) is 2.74. The van der Waals surface area contributed by atoms with Crippen molar-refractivity contribution in [1.82, 2.24) is 9.47 Å². The number of rotatable bonds is 4. The van der Waals surface area contributed by atoms with E-state index in [9.17, 15) is 9.59 Å². The van der Waals surface area contributed by atoms with Gasteiger partial charge in [0.2, 0.25) is 5.91 Å². The van der Waals surface area contributed by atoms with E-state index in [1.54, 1.807) is 13.2 Å². The minimum atomic E-state index is -0.676. The number of hydrogen-bond acceptors (Lipinski definition) is 4. The zero-order chi connectivity index (χ0) is 20.9. The van der Waals surface area contributed by atoms with Gasteiger partial charge in [0, 0.05) is 36.8 Å². The highest BCUT2D eigenvalue weighted by Crippen LogP contribution is 2.44. The Kier molecular flexibility index (Phi) is 5.88. The average molecular weight is 444 g/mol. The molecule has 0 spiro atoms. The highest BCUT2D eigenvalue weighted by molar-refractivity contribution is 5.87. The van der Waals surface area contributed by atoms with Crippen LogP contribution in [-0.4, -0.2) is 41.1 Å². The summed E-state index contributed by atoms with van der Waals surface area (Å²) in [5.41, 5.74) is 7.93. The van der Waals surface area contributed by atoms with E-state index in [0.717, 1.165) is 49.1 Å². The van der Waals surface area contributed by atoms with Gasteiger partial charge in [0.05, 0.1) is 12.6 Å². The van der Waals surface area contributed by atoms with Gasteiger partial charge in [-0.25, -0.2) is 0 Å². The maximum atomic E-state index is 13.2. The number of amides is 1. The van der Waals surface area contributed by atoms with Crippen LogP contribution in [0.15, 0.2) is 47.3 Å². The number of piperidine rings is 1. The van der Waals surface area contributed by atoms with Crippen LogP contribution in [0.25, 0.3) is 0 Å². The lowest BCUT2D eigenvalue weighted by Gasteiger charge is -2.50. The second kappa shape index (κ2) is 8.32. The van der Waals surface area contributed by atoms with E-state index >= 15 is 0 Å². The van der Waals surface area contributed by atoms with Crippen LogP contribution < -0.4 is 16.0 Å². The van der Waals surface area contributed by atoms with Gasteiger partial charge in [-0.1, -0.05) is 18.2 Å². The van der Waals surface area contributed by atoms with Crippen LogP contribution >= 0.6 is 12.4 Å². The first-order valence-corrected chi connectivity index (χ1v) is 10.9. The molecule has 166 valence electrons. The minimum absolute atomic E-state index is 0. The molecule has 1 saturated carbocycles. The van der Waals surface area contributed by atoms with Crippen molar-refractivity contribution in [3.8, 4) is 5.75 Å². The lowest BCUT2D eigenvalue weighted by molar-refractivity contribution is -0.143. The van der Waals surface area contributed by atoms with Crippen molar-refractivity contribution < 1.29 is 9.53 Å². The molecule has 2 aromatic rings. The van der Waals surface area contributed by atoms with Gasteiger partial charge in [-0.3, -0.25) is 9.59 Å². The molecule has 7 heteroatoms. The molecule has 1 aromatic carbocycles. The third-order valence-electron chi connectivity index (χ3n) is 7.34. The SMILES string of the molecule is COc1cccc(C[C@H]2[C@H]3C[C@H](CN(C(=O)C4(N)CCC4)C3)c3cccc(=O)n32)c1.Cl. The fraction of sp³-hybridized carbons (Fsp3) is 0.500. The number of nitrogens with zero attached hydrogens (tertiary/aromatic N) is 2. The zero-order valence-corrected chi connectivity index (χ0v) is 18.6. The fourth-order valence-corrected chi connectivity index (χ4v) is 5.60. The summed E-state index contributed by atoms with van der Waals surface area (Å²) in [6.07, 6.45) is 4.32. The monoisotopic (exact) mass is 443 g/mol. The smallest absolute Gasteiger partial charge is 0.251 e. The number of hydrogen-bond donors (Lipinski definition) is 1. The van der Waals surface area contributed by atoms with Crippen LogP contribution in [0.3, 0.4) is 0 Å². The quantitative estimate of drug-likeness (QED) is 0.788. The first-order valence-electron chi connectivity index (χ1n) is 10.9. The summed E-state index contributed by atoms with van der Waals surface area (Å²) in [6, 6.07) is 13.6. The van der Waals surface area contributed by atoms with E-state index in [1.165, 1.54) is 0 Å². The maximum Gasteiger partial charge on any atom is 0.251 e. The molecule has 0 unspecified atom stereocenters. The van der Waals surface area contributed by atoms with Crippen molar-refractivity contribution >= 4 is 18.3 Å². The van der Waals surface area contributed by atoms with E-state index < -0.39 is 5.54 Å². The predicted octanol–water partition coefficient (Wildman–Crippen LogP) is 2.89. The number of methoxy groups -OCH3 is 1. The highest BCUT2D eigenvalue weighted by Gasteiger charge is 2.47. The number of halogens is 1. The van der Waals surface area contributed by atoms with E-state index in [0.29, 0.717) is 13.1 Å². The molecule has 1 saturated heterocycles. The summed E-state index contributed by atoms with van der Waals surface area (Å²) in [6.45, 7) is 1.33. The molecule has 3 heterocycles. The lowest BCUT2D eigenvalue weighted by Crippen LogP contribution is -2.62. The van der Waals surface area contributed by atoms with Gasteiger partial charge in [0.15, 0.2) is 0 Å². The summed E-state index contributed by atoms with van der Waals surface area (Å²) in [5.74, 6) is 1.33. The highest BCUT2D eigenvalue weighted by atomic mass is 35.5. The second-order valence-corrected chi connectivity index (χ2v) is 9.19. The summed E-state index contributed by atoms with van der Waals surface area (Å²) in [5, 5.41) is 0. The number of carbonyl (C=O) groups is 1. The molecule has 1 aliphatic carbocycles. The van der Waals surface area contributed by atoms with Crippen LogP contribution in [0.5, 0.6) is 5.75 Å². The zero-order valence-electron chi connectivity index (χ0n) is 17.8. The second-order valence-electron chi connectivity index (χ2n) is 9.19. The number of pyridine rings is 1. The number of benzene rings is 1. The Bertz CT molecular complexity index is 1030. The van der Waals surface area contributed by atoms with Crippen LogP contribution in [0.2, 0.25) is 0 Å². The molecule has 2 N–H and O–H groups in total. The molecule has 6 nitrogen and oxygen atoms in total. The van der Waals surface area contributed by atoms with Gasteiger partial charge in [-0.2, -0.15) is 0 Å². The number of likely N-dealkylation sites (tertiary alicyclic amines) is 1. The molecule has 1 amide bonds. The number of aromatic nitrogens is 1. The summed E-state index contributed by atoms with van der Waals surface area (Å²) in [4.78, 5) is 28.0. The Labute approximate surface area is 188 Å². The molecule has 2 bridgehead atoms. The predicted molar refractivity (Wildman–Crippen MR) is 122 cm³/mol. The van der Waals surface area contributed by atoms with E-state index in [-0.39, 0.29) is 41.8 Å². The molecular weight excluding hydrogens is 414 g/mol. The first kappa shape index (κ1) is 21.9. The molecule has 31 heavy (non-hydrogen) atoms. The molecule has 2 fully saturated rings. The largest absolute Gasteiger partial charge is 0.497 e. The van der Waals surface area contributed by atoms with Crippen LogP contribution in [0.4, 0.5) is 0 Å². The summed E-state index contributed by atoms with van der Waals surface area (Å²) >= 11 is 0. The minimum Gasteiger partial charge on any atom is -0.497 e. The molecular formula is C24H30ClN3O3. The van der Waals surface area contributed by atoms with E-state index in [4.69, 9.17) is 10.5 Å². The Hall–Kier alpha value is -2.31. The van der Waals surface area contributed by atoms with E-state index in [2.05, 4.69) is 12.1 Å². The van der Waals surface area contributed by atoms with Crippen LogP contribution in [-0.2, 0) is 11.2 Å². The normalized spacial score (nSPS) is 25.6. The number of ether oxygens (including phenoxy) is 1. The van der Waals surface area contributed by atoms with Crippen molar-refractivity contribution in [3.05, 3.63) is 64.1 Å². The Morgan fingerprint density at radius 1 is 1.19 bits per heavy atom. The van der Waals surface area contributed by atoms with Crippen molar-refractivity contribution in [2.45, 2.75) is 49.6 Å². The number of fused-ring (bicyclic) bond motifs is 4. The molecule has 1 aromatic heterocycles. The van der Waals surface area contributed by atoms with Gasteiger partial charge in [0.1, 0.15) is 5.75 Å². The Morgan fingerprint density at radius 2 is 1.97 bits per heavy atom. The van der Waals surface area contributed by atoms with Gasteiger partial charge in [-0.05, 0) is 61.8 Å². The third-order valence-corrected chi connectivity index (χ3v) is 7.34. The molecule has 3 atom stereocenters. The lowest BCUT2D eigenvalue weighted by atomic mass is 9.73. The van der Waals surface area contributed by atoms with Crippen molar-refractivity contribution in [1.29, 1.82) is 0 Å². The Balaban J connectivity index is 0.00000231. The number of nitrogens with two attached hydrogens (primary N) is 1. The third kappa shape index (κ3) is 3.76. The number of carbonyl (C=O) groups excluding carboxylic acids is 1. The fourth-order valence-electron chi connectivity index (χ4n) is 5.60. The first-order chi connectivity index (χ1) is 14.5. The molecule has 5 rings (SSSR count). The van der Waals surface area contributed by atoms with Crippen molar-refractivity contribution in [2.24, 2.45) is 11.7 Å². The van der Waals surface area contributed by atoms with Crippen LogP contribution in [0, 0.1) is 5.92 Å². The van der Waals surface area contributed by atoms with Gasteiger partial charge < -0.3 is 19.9 Å². The topological polar surface area (TPSA) is 77.6 Å². The van der Waals surface area contributed by atoms with E-state index in [1.807, 2.05) is 33.7 Å².